The quantitative estimate of drug-likeness (QED) is 0.427. The molecule has 1 fully saturated rings. The number of aromatic nitrogens is 1. The lowest BCUT2D eigenvalue weighted by Gasteiger charge is -2.51. The van der Waals surface area contributed by atoms with Crippen LogP contribution in [-0.2, 0) is 21.7 Å². The van der Waals surface area contributed by atoms with Crippen LogP contribution in [0.3, 0.4) is 0 Å². The monoisotopic (exact) mass is 499 g/mol. The third kappa shape index (κ3) is 3.32. The minimum atomic E-state index is -1.14. The second kappa shape index (κ2) is 8.42. The Bertz CT molecular complexity index is 1500. The van der Waals surface area contributed by atoms with Crippen LogP contribution in [0, 0.1) is 0 Å². The first-order chi connectivity index (χ1) is 17.4. The van der Waals surface area contributed by atoms with E-state index in [0.29, 0.717) is 11.6 Å². The van der Waals surface area contributed by atoms with Crippen LogP contribution in [0.25, 0.3) is 10.9 Å². The lowest BCUT2D eigenvalue weighted by Crippen LogP contribution is -2.67. The molecule has 1 N–H and O–H groups in total. The molecule has 6 rings (SSSR count). The molecule has 36 heavy (non-hydrogen) atoms. The van der Waals surface area contributed by atoms with E-state index >= 15 is 0 Å². The Morgan fingerprint density at radius 2 is 1.75 bits per heavy atom. The summed E-state index contributed by atoms with van der Waals surface area (Å²) >= 11 is 6.39. The number of aromatic amines is 1. The van der Waals surface area contributed by atoms with Gasteiger partial charge in [0.15, 0.2) is 5.54 Å². The summed E-state index contributed by atoms with van der Waals surface area (Å²) in [5, 5.41) is 1.65. The van der Waals surface area contributed by atoms with Gasteiger partial charge < -0.3 is 19.5 Å². The van der Waals surface area contributed by atoms with Crippen LogP contribution >= 0.6 is 11.6 Å². The SMILES string of the molecule is COc1ccc([C@H]2CN3C(=O)CN(Cc4ccccc4Cl)C(=O)[C@]3(C)c3[nH]c4ccccc4c32)cc1. The van der Waals surface area contributed by atoms with E-state index in [0.717, 1.165) is 39.0 Å². The Balaban J connectivity index is 1.50. The molecule has 3 heterocycles. The first kappa shape index (κ1) is 22.7. The number of nitrogens with zero attached hydrogens (tertiary/aromatic N) is 2. The summed E-state index contributed by atoms with van der Waals surface area (Å²) in [5.74, 6) is 0.509. The van der Waals surface area contributed by atoms with E-state index in [2.05, 4.69) is 11.1 Å². The van der Waals surface area contributed by atoms with Crippen molar-refractivity contribution in [2.45, 2.75) is 24.9 Å². The number of rotatable bonds is 4. The molecule has 0 saturated carbocycles. The van der Waals surface area contributed by atoms with Gasteiger partial charge in [-0.1, -0.05) is 60.1 Å². The molecule has 4 aromatic rings. The van der Waals surface area contributed by atoms with Crippen LogP contribution in [0.15, 0.2) is 72.8 Å². The molecule has 2 amide bonds. The van der Waals surface area contributed by atoms with Crippen LogP contribution in [0.4, 0.5) is 0 Å². The molecule has 0 spiro atoms. The Hall–Kier alpha value is -3.77. The molecule has 1 aromatic heterocycles. The first-order valence-corrected chi connectivity index (χ1v) is 12.4. The van der Waals surface area contributed by atoms with Crippen LogP contribution < -0.4 is 4.74 Å². The van der Waals surface area contributed by atoms with Gasteiger partial charge in [-0.25, -0.2) is 0 Å². The van der Waals surface area contributed by atoms with E-state index < -0.39 is 5.54 Å². The second-order valence-electron chi connectivity index (χ2n) is 9.61. The Morgan fingerprint density at radius 3 is 2.50 bits per heavy atom. The van der Waals surface area contributed by atoms with Crippen LogP contribution in [0.5, 0.6) is 5.75 Å². The van der Waals surface area contributed by atoms with Gasteiger partial charge in [0.05, 0.1) is 12.8 Å². The van der Waals surface area contributed by atoms with Crippen molar-refractivity contribution in [3.8, 4) is 5.75 Å². The maximum absolute atomic E-state index is 14.2. The average Bonchev–Trinajstić information content (AvgIpc) is 3.29. The summed E-state index contributed by atoms with van der Waals surface area (Å²) in [6.07, 6.45) is 0. The van der Waals surface area contributed by atoms with Crippen LogP contribution in [0.1, 0.15) is 35.2 Å². The van der Waals surface area contributed by atoms with E-state index in [1.54, 1.807) is 23.0 Å². The van der Waals surface area contributed by atoms with Gasteiger partial charge in [-0.3, -0.25) is 9.59 Å². The zero-order chi connectivity index (χ0) is 25.0. The molecule has 0 bridgehead atoms. The fraction of sp³-hybridized carbons (Fsp3) is 0.241. The van der Waals surface area contributed by atoms with Crippen molar-refractivity contribution in [2.75, 3.05) is 20.2 Å². The number of benzene rings is 3. The molecular formula is C29H26ClN3O3. The predicted octanol–water partition coefficient (Wildman–Crippen LogP) is 5.06. The second-order valence-corrected chi connectivity index (χ2v) is 10.0. The zero-order valence-electron chi connectivity index (χ0n) is 20.1. The van der Waals surface area contributed by atoms with Gasteiger partial charge in [0.1, 0.15) is 12.3 Å². The van der Waals surface area contributed by atoms with Crippen molar-refractivity contribution in [1.82, 2.24) is 14.8 Å². The summed E-state index contributed by atoms with van der Waals surface area (Å²) in [5.41, 5.74) is 3.54. The predicted molar refractivity (Wildman–Crippen MR) is 139 cm³/mol. The molecule has 0 radical (unpaired) electrons. The van der Waals surface area contributed by atoms with Gasteiger partial charge >= 0.3 is 0 Å². The summed E-state index contributed by atoms with van der Waals surface area (Å²) in [4.78, 5) is 34.7. The highest BCUT2D eigenvalue weighted by Gasteiger charge is 2.56. The number of carbonyl (C=O) groups is 2. The van der Waals surface area contributed by atoms with E-state index in [1.165, 1.54) is 0 Å². The maximum atomic E-state index is 14.2. The normalized spacial score (nSPS) is 21.5. The third-order valence-electron chi connectivity index (χ3n) is 7.65. The number of methoxy groups -OCH3 is 1. The van der Waals surface area contributed by atoms with Crippen molar-refractivity contribution in [2.24, 2.45) is 0 Å². The average molecular weight is 500 g/mol. The number of piperazine rings is 1. The van der Waals surface area contributed by atoms with Crippen molar-refractivity contribution < 1.29 is 14.3 Å². The summed E-state index contributed by atoms with van der Waals surface area (Å²) < 4.78 is 5.35. The molecule has 6 nitrogen and oxygen atoms in total. The van der Waals surface area contributed by atoms with Gasteiger partial charge in [-0.05, 0) is 47.9 Å². The smallest absolute Gasteiger partial charge is 0.255 e. The van der Waals surface area contributed by atoms with E-state index in [-0.39, 0.29) is 30.8 Å². The molecule has 2 atom stereocenters. The van der Waals surface area contributed by atoms with Crippen molar-refractivity contribution in [3.63, 3.8) is 0 Å². The number of nitrogens with one attached hydrogen (secondary N) is 1. The lowest BCUT2D eigenvalue weighted by molar-refractivity contribution is -0.166. The summed E-state index contributed by atoms with van der Waals surface area (Å²) in [6.45, 7) is 2.59. The van der Waals surface area contributed by atoms with Gasteiger partial charge in [0.2, 0.25) is 5.91 Å². The molecular weight excluding hydrogens is 474 g/mol. The highest BCUT2D eigenvalue weighted by Crippen LogP contribution is 2.48. The minimum Gasteiger partial charge on any atom is -0.497 e. The largest absolute Gasteiger partial charge is 0.497 e. The molecule has 1 saturated heterocycles. The van der Waals surface area contributed by atoms with Gasteiger partial charge in [0, 0.05) is 34.9 Å². The van der Waals surface area contributed by atoms with Crippen molar-refractivity contribution in [1.29, 1.82) is 0 Å². The van der Waals surface area contributed by atoms with E-state index in [1.807, 2.05) is 67.6 Å². The van der Waals surface area contributed by atoms with Gasteiger partial charge in [-0.15, -0.1) is 0 Å². The number of ether oxygens (including phenoxy) is 1. The Labute approximate surface area is 214 Å². The topological polar surface area (TPSA) is 65.6 Å². The van der Waals surface area contributed by atoms with Crippen LogP contribution in [0.2, 0.25) is 5.02 Å². The van der Waals surface area contributed by atoms with E-state index in [9.17, 15) is 9.59 Å². The number of hydrogen-bond acceptors (Lipinski definition) is 3. The van der Waals surface area contributed by atoms with Gasteiger partial charge in [0.25, 0.3) is 5.91 Å². The Morgan fingerprint density at radius 1 is 1.03 bits per heavy atom. The number of halogens is 1. The zero-order valence-corrected chi connectivity index (χ0v) is 20.9. The number of H-pyrrole nitrogens is 1. The highest BCUT2D eigenvalue weighted by atomic mass is 35.5. The highest BCUT2D eigenvalue weighted by molar-refractivity contribution is 6.31. The minimum absolute atomic E-state index is 0.0184. The van der Waals surface area contributed by atoms with Crippen LogP contribution in [-0.4, -0.2) is 46.8 Å². The molecule has 2 aliphatic rings. The Kier molecular flexibility index (Phi) is 5.30. The lowest BCUT2D eigenvalue weighted by atomic mass is 9.76. The number of fused-ring (bicyclic) bond motifs is 5. The number of carbonyl (C=O) groups excluding carboxylic acids is 2. The molecule has 0 unspecified atom stereocenters. The van der Waals surface area contributed by atoms with Crippen molar-refractivity contribution >= 4 is 34.3 Å². The summed E-state index contributed by atoms with van der Waals surface area (Å²) in [6, 6.07) is 23.5. The fourth-order valence-electron chi connectivity index (χ4n) is 5.77. The maximum Gasteiger partial charge on any atom is 0.255 e. The fourth-order valence-corrected chi connectivity index (χ4v) is 5.97. The molecule has 7 heteroatoms. The van der Waals surface area contributed by atoms with E-state index in [4.69, 9.17) is 16.3 Å². The number of para-hydroxylation sites is 1. The number of hydrogen-bond donors (Lipinski definition) is 1. The molecule has 0 aliphatic carbocycles. The first-order valence-electron chi connectivity index (χ1n) is 12.0. The van der Waals surface area contributed by atoms with Crippen molar-refractivity contribution in [3.05, 3.63) is 100 Å². The standard InChI is InChI=1S/C29H26ClN3O3/c1-29-27-26(21-8-4-6-10-24(21)31-27)22(18-11-13-20(36-2)14-12-18)16-33(29)25(34)17-32(28(29)35)15-19-7-3-5-9-23(19)30/h3-14,22,31H,15-17H2,1-2H3/t22-,29+/m1/s1. The summed E-state index contributed by atoms with van der Waals surface area (Å²) in [7, 11) is 1.64. The molecule has 2 aliphatic heterocycles. The van der Waals surface area contributed by atoms with Gasteiger partial charge in [-0.2, -0.15) is 0 Å². The third-order valence-corrected chi connectivity index (χ3v) is 8.02. The molecule has 3 aromatic carbocycles. The molecule has 182 valence electrons. The number of amides is 2.